The molecule has 0 spiro atoms. The second-order valence-electron chi connectivity index (χ2n) is 5.77. The minimum absolute atomic E-state index is 0.173. The van der Waals surface area contributed by atoms with Crippen molar-refractivity contribution >= 4 is 10.0 Å². The predicted octanol–water partition coefficient (Wildman–Crippen LogP) is 0.721. The van der Waals surface area contributed by atoms with Crippen LogP contribution in [-0.2, 0) is 14.8 Å². The van der Waals surface area contributed by atoms with E-state index < -0.39 is 10.0 Å². The van der Waals surface area contributed by atoms with E-state index in [1.165, 1.54) is 0 Å². The highest BCUT2D eigenvalue weighted by Gasteiger charge is 2.26. The second-order valence-corrected chi connectivity index (χ2v) is 7.70. The van der Waals surface area contributed by atoms with Gasteiger partial charge in [0.1, 0.15) is 0 Å². The van der Waals surface area contributed by atoms with Crippen LogP contribution in [0, 0.1) is 11.8 Å². The van der Waals surface area contributed by atoms with Gasteiger partial charge in [0.15, 0.2) is 0 Å². The van der Waals surface area contributed by atoms with E-state index in [0.717, 1.165) is 45.4 Å². The molecule has 2 unspecified atom stereocenters. The molecule has 112 valence electrons. The van der Waals surface area contributed by atoms with Gasteiger partial charge in [0.25, 0.3) is 0 Å². The van der Waals surface area contributed by atoms with Crippen LogP contribution >= 0.6 is 0 Å². The third-order valence-corrected chi connectivity index (χ3v) is 5.73. The van der Waals surface area contributed by atoms with Crippen LogP contribution in [0.5, 0.6) is 0 Å². The molecule has 2 saturated heterocycles. The van der Waals surface area contributed by atoms with Crippen molar-refractivity contribution in [3.8, 4) is 0 Å². The number of sulfonamides is 1. The number of rotatable bonds is 6. The first-order chi connectivity index (χ1) is 9.07. The quantitative estimate of drug-likeness (QED) is 0.756. The average Bonchev–Trinajstić information content (AvgIpc) is 2.81. The summed E-state index contributed by atoms with van der Waals surface area (Å²) in [6.07, 6.45) is 4.12. The van der Waals surface area contributed by atoms with Crippen LogP contribution in [-0.4, -0.2) is 46.5 Å². The summed E-state index contributed by atoms with van der Waals surface area (Å²) >= 11 is 0. The van der Waals surface area contributed by atoms with E-state index in [2.05, 4.69) is 10.0 Å². The van der Waals surface area contributed by atoms with Crippen molar-refractivity contribution in [2.24, 2.45) is 11.8 Å². The zero-order valence-corrected chi connectivity index (χ0v) is 12.5. The summed E-state index contributed by atoms with van der Waals surface area (Å²) in [5, 5.41) is 3.30. The van der Waals surface area contributed by atoms with Gasteiger partial charge in [-0.1, -0.05) is 0 Å². The fraction of sp³-hybridized carbons (Fsp3) is 1.00. The lowest BCUT2D eigenvalue weighted by Gasteiger charge is -2.22. The highest BCUT2D eigenvalue weighted by Crippen LogP contribution is 2.20. The van der Waals surface area contributed by atoms with Crippen LogP contribution in [0.1, 0.15) is 32.6 Å². The van der Waals surface area contributed by atoms with Crippen molar-refractivity contribution in [1.29, 1.82) is 0 Å². The number of nitrogens with one attached hydrogen (secondary N) is 2. The fourth-order valence-electron chi connectivity index (χ4n) is 2.84. The van der Waals surface area contributed by atoms with Crippen LogP contribution in [0.2, 0.25) is 0 Å². The maximum Gasteiger partial charge on any atom is 0.211 e. The lowest BCUT2D eigenvalue weighted by molar-refractivity contribution is 0.107. The molecule has 0 bridgehead atoms. The van der Waals surface area contributed by atoms with Gasteiger partial charge >= 0.3 is 0 Å². The molecule has 5 nitrogen and oxygen atoms in total. The number of piperidine rings is 1. The Morgan fingerprint density at radius 2 is 2.00 bits per heavy atom. The Labute approximate surface area is 116 Å². The molecule has 0 aliphatic carbocycles. The molecule has 2 aliphatic heterocycles. The van der Waals surface area contributed by atoms with Gasteiger partial charge in [-0.15, -0.1) is 0 Å². The Kier molecular flexibility index (Phi) is 5.62. The molecule has 0 aromatic carbocycles. The van der Waals surface area contributed by atoms with Gasteiger partial charge < -0.3 is 10.1 Å². The summed E-state index contributed by atoms with van der Waals surface area (Å²) in [7, 11) is -3.12. The van der Waals surface area contributed by atoms with E-state index in [-0.39, 0.29) is 11.9 Å². The van der Waals surface area contributed by atoms with Gasteiger partial charge in [0.05, 0.1) is 11.9 Å². The predicted molar refractivity (Wildman–Crippen MR) is 75.5 cm³/mol. The van der Waals surface area contributed by atoms with Crippen molar-refractivity contribution < 1.29 is 13.2 Å². The van der Waals surface area contributed by atoms with E-state index in [9.17, 15) is 8.42 Å². The molecule has 0 aromatic heterocycles. The molecule has 2 heterocycles. The topological polar surface area (TPSA) is 67.4 Å². The maximum atomic E-state index is 12.0. The van der Waals surface area contributed by atoms with Gasteiger partial charge in [-0.25, -0.2) is 13.1 Å². The highest BCUT2D eigenvalue weighted by atomic mass is 32.2. The van der Waals surface area contributed by atoms with E-state index in [4.69, 9.17) is 4.74 Å². The van der Waals surface area contributed by atoms with E-state index in [1.807, 2.05) is 6.92 Å². The molecule has 2 N–H and O–H groups in total. The van der Waals surface area contributed by atoms with Crippen molar-refractivity contribution in [3.63, 3.8) is 0 Å². The summed E-state index contributed by atoms with van der Waals surface area (Å²) < 4.78 is 32.1. The summed E-state index contributed by atoms with van der Waals surface area (Å²) in [6, 6.07) is 0. The molecule has 2 rings (SSSR count). The van der Waals surface area contributed by atoms with E-state index in [0.29, 0.717) is 18.4 Å². The normalized spacial score (nSPS) is 29.7. The second kappa shape index (κ2) is 7.02. The fourth-order valence-corrected chi connectivity index (χ4v) is 4.10. The standard InChI is InChI=1S/C13H26N2O3S/c1-11-13(4-8-18-11)10-15-19(16,17)9-5-12-2-6-14-7-3-12/h11-15H,2-10H2,1H3. The highest BCUT2D eigenvalue weighted by molar-refractivity contribution is 7.89. The zero-order chi connectivity index (χ0) is 13.7. The van der Waals surface area contributed by atoms with Crippen molar-refractivity contribution in [2.45, 2.75) is 38.7 Å². The molecule has 19 heavy (non-hydrogen) atoms. The summed E-state index contributed by atoms with van der Waals surface area (Å²) in [5.74, 6) is 1.15. The third kappa shape index (κ3) is 5.02. The zero-order valence-electron chi connectivity index (χ0n) is 11.7. The molecule has 2 fully saturated rings. The summed E-state index contributed by atoms with van der Waals surface area (Å²) in [6.45, 7) is 5.34. The lowest BCUT2D eigenvalue weighted by Crippen LogP contribution is -2.35. The van der Waals surface area contributed by atoms with Crippen molar-refractivity contribution in [1.82, 2.24) is 10.0 Å². The van der Waals surface area contributed by atoms with E-state index >= 15 is 0 Å². The molecular weight excluding hydrogens is 264 g/mol. The SMILES string of the molecule is CC1OCCC1CNS(=O)(=O)CCC1CCNCC1. The Bertz CT molecular complexity index is 366. The Hall–Kier alpha value is -0.170. The molecule has 2 atom stereocenters. The molecule has 0 aromatic rings. The van der Waals surface area contributed by atoms with Gasteiger partial charge in [-0.3, -0.25) is 0 Å². The smallest absolute Gasteiger partial charge is 0.211 e. The largest absolute Gasteiger partial charge is 0.378 e. The summed E-state index contributed by atoms with van der Waals surface area (Å²) in [5.41, 5.74) is 0. The molecular formula is C13H26N2O3S. The van der Waals surface area contributed by atoms with Crippen molar-refractivity contribution in [3.05, 3.63) is 0 Å². The lowest BCUT2D eigenvalue weighted by atomic mass is 9.96. The minimum Gasteiger partial charge on any atom is -0.378 e. The number of hydrogen-bond donors (Lipinski definition) is 2. The van der Waals surface area contributed by atoms with Gasteiger partial charge in [0, 0.05) is 19.1 Å². The number of hydrogen-bond acceptors (Lipinski definition) is 4. The first kappa shape index (κ1) is 15.2. The van der Waals surface area contributed by atoms with Crippen LogP contribution in [0.4, 0.5) is 0 Å². The molecule has 2 aliphatic rings. The Balaban J connectivity index is 1.69. The molecule has 0 radical (unpaired) electrons. The minimum atomic E-state index is -3.12. The molecule has 0 amide bonds. The Morgan fingerprint density at radius 3 is 2.63 bits per heavy atom. The first-order valence-electron chi connectivity index (χ1n) is 7.36. The average molecular weight is 290 g/mol. The molecule has 6 heteroatoms. The third-order valence-electron chi connectivity index (χ3n) is 4.35. The van der Waals surface area contributed by atoms with E-state index in [1.54, 1.807) is 0 Å². The van der Waals surface area contributed by atoms with Crippen LogP contribution in [0.25, 0.3) is 0 Å². The monoisotopic (exact) mass is 290 g/mol. The molecule has 0 saturated carbocycles. The van der Waals surface area contributed by atoms with Crippen LogP contribution in [0.15, 0.2) is 0 Å². The van der Waals surface area contributed by atoms with Crippen LogP contribution in [0.3, 0.4) is 0 Å². The summed E-state index contributed by atoms with van der Waals surface area (Å²) in [4.78, 5) is 0. The van der Waals surface area contributed by atoms with Gasteiger partial charge in [-0.2, -0.15) is 0 Å². The Morgan fingerprint density at radius 1 is 1.26 bits per heavy atom. The van der Waals surface area contributed by atoms with Gasteiger partial charge in [-0.05, 0) is 51.6 Å². The maximum absolute atomic E-state index is 12.0. The number of ether oxygens (including phenoxy) is 1. The first-order valence-corrected chi connectivity index (χ1v) is 9.02. The van der Waals surface area contributed by atoms with Gasteiger partial charge in [0.2, 0.25) is 10.0 Å². The van der Waals surface area contributed by atoms with Crippen molar-refractivity contribution in [2.75, 3.05) is 32.0 Å². The van der Waals surface area contributed by atoms with Crippen LogP contribution < -0.4 is 10.0 Å².